The third-order valence-corrected chi connectivity index (χ3v) is 2.87. The zero-order valence-electron chi connectivity index (χ0n) is 11.1. The maximum Gasteiger partial charge on any atom is 0.256 e. The van der Waals surface area contributed by atoms with Crippen LogP contribution in [-0.4, -0.2) is 18.0 Å². The largest absolute Gasteiger partial charge is 0.495 e. The first-order chi connectivity index (χ1) is 9.49. The molecule has 1 aromatic heterocycles. The Morgan fingerprint density at radius 2 is 2.10 bits per heavy atom. The van der Waals surface area contributed by atoms with Crippen LogP contribution in [0.5, 0.6) is 5.75 Å². The average molecular weight is 292 g/mol. The van der Waals surface area contributed by atoms with E-state index in [-0.39, 0.29) is 16.9 Å². The molecule has 2 rings (SSSR count). The standard InChI is InChI=1S/C14H14ClN3O2/c1-8-3-4-11(20-2)10(5-8)17-14(19)9-6-12(15)18-13(16)7-9/h3-7H,1-2H3,(H2,16,18)(H,17,19). The summed E-state index contributed by atoms with van der Waals surface area (Å²) in [6, 6.07) is 8.43. The van der Waals surface area contributed by atoms with Crippen molar-refractivity contribution in [2.45, 2.75) is 6.92 Å². The fraction of sp³-hybridized carbons (Fsp3) is 0.143. The molecule has 0 saturated carbocycles. The molecule has 0 spiro atoms. The van der Waals surface area contributed by atoms with Gasteiger partial charge in [0.1, 0.15) is 16.7 Å². The van der Waals surface area contributed by atoms with Gasteiger partial charge in [0, 0.05) is 5.56 Å². The molecule has 20 heavy (non-hydrogen) atoms. The van der Waals surface area contributed by atoms with Crippen LogP contribution in [0.3, 0.4) is 0 Å². The van der Waals surface area contributed by atoms with Crippen LogP contribution in [0.15, 0.2) is 30.3 Å². The van der Waals surface area contributed by atoms with E-state index >= 15 is 0 Å². The second-order valence-corrected chi connectivity index (χ2v) is 4.65. The molecule has 1 aromatic carbocycles. The van der Waals surface area contributed by atoms with Gasteiger partial charge in [-0.1, -0.05) is 17.7 Å². The van der Waals surface area contributed by atoms with Crippen molar-refractivity contribution in [1.29, 1.82) is 0 Å². The molecular weight excluding hydrogens is 278 g/mol. The molecule has 0 bridgehead atoms. The Morgan fingerprint density at radius 3 is 2.75 bits per heavy atom. The number of pyridine rings is 1. The van der Waals surface area contributed by atoms with Crippen molar-refractivity contribution in [3.8, 4) is 5.75 Å². The van der Waals surface area contributed by atoms with Gasteiger partial charge >= 0.3 is 0 Å². The number of nitrogens with two attached hydrogens (primary N) is 1. The molecule has 0 atom stereocenters. The van der Waals surface area contributed by atoms with E-state index in [4.69, 9.17) is 22.1 Å². The van der Waals surface area contributed by atoms with E-state index in [1.165, 1.54) is 12.1 Å². The minimum Gasteiger partial charge on any atom is -0.495 e. The number of carbonyl (C=O) groups excluding carboxylic acids is 1. The Kier molecular flexibility index (Phi) is 4.10. The summed E-state index contributed by atoms with van der Waals surface area (Å²) in [5.41, 5.74) is 7.50. The normalized spacial score (nSPS) is 10.2. The van der Waals surface area contributed by atoms with Gasteiger partial charge in [0.15, 0.2) is 0 Å². The molecule has 0 unspecified atom stereocenters. The molecule has 0 aliphatic heterocycles. The SMILES string of the molecule is COc1ccc(C)cc1NC(=O)c1cc(N)nc(Cl)c1. The number of methoxy groups -OCH3 is 1. The number of aromatic nitrogens is 1. The molecule has 1 heterocycles. The highest BCUT2D eigenvalue weighted by molar-refractivity contribution is 6.30. The number of hydrogen-bond acceptors (Lipinski definition) is 4. The quantitative estimate of drug-likeness (QED) is 0.853. The van der Waals surface area contributed by atoms with Crippen molar-refractivity contribution in [3.63, 3.8) is 0 Å². The predicted octanol–water partition coefficient (Wildman–Crippen LogP) is 2.89. The fourth-order valence-corrected chi connectivity index (χ4v) is 1.98. The number of benzene rings is 1. The molecular formula is C14H14ClN3O2. The number of nitrogens with zero attached hydrogens (tertiary/aromatic N) is 1. The van der Waals surface area contributed by atoms with Gasteiger partial charge in [-0.15, -0.1) is 0 Å². The van der Waals surface area contributed by atoms with E-state index in [0.29, 0.717) is 17.0 Å². The van der Waals surface area contributed by atoms with Crippen LogP contribution in [0.4, 0.5) is 11.5 Å². The number of amides is 1. The number of rotatable bonds is 3. The van der Waals surface area contributed by atoms with E-state index in [0.717, 1.165) is 5.56 Å². The summed E-state index contributed by atoms with van der Waals surface area (Å²) in [7, 11) is 1.54. The lowest BCUT2D eigenvalue weighted by Crippen LogP contribution is -2.13. The number of halogens is 1. The van der Waals surface area contributed by atoms with Gasteiger partial charge in [0.25, 0.3) is 5.91 Å². The van der Waals surface area contributed by atoms with Crippen molar-refractivity contribution < 1.29 is 9.53 Å². The van der Waals surface area contributed by atoms with Gasteiger partial charge < -0.3 is 15.8 Å². The van der Waals surface area contributed by atoms with Crippen LogP contribution in [0.2, 0.25) is 5.15 Å². The van der Waals surface area contributed by atoms with Crippen LogP contribution >= 0.6 is 11.6 Å². The van der Waals surface area contributed by atoms with Gasteiger partial charge in [0.05, 0.1) is 12.8 Å². The second kappa shape index (κ2) is 5.79. The molecule has 3 N–H and O–H groups in total. The van der Waals surface area contributed by atoms with Crippen LogP contribution in [0.1, 0.15) is 15.9 Å². The minimum atomic E-state index is -0.329. The van der Waals surface area contributed by atoms with E-state index in [2.05, 4.69) is 10.3 Å². The van der Waals surface area contributed by atoms with Gasteiger partial charge in [-0.3, -0.25) is 4.79 Å². The number of nitrogens with one attached hydrogen (secondary N) is 1. The molecule has 0 radical (unpaired) electrons. The second-order valence-electron chi connectivity index (χ2n) is 4.26. The first-order valence-corrected chi connectivity index (χ1v) is 6.26. The van der Waals surface area contributed by atoms with E-state index in [1.54, 1.807) is 13.2 Å². The van der Waals surface area contributed by atoms with Crippen molar-refractivity contribution in [2.75, 3.05) is 18.2 Å². The summed E-state index contributed by atoms with van der Waals surface area (Å²) in [5.74, 6) is 0.445. The summed E-state index contributed by atoms with van der Waals surface area (Å²) in [6.07, 6.45) is 0. The zero-order chi connectivity index (χ0) is 14.7. The number of ether oxygens (including phenoxy) is 1. The molecule has 6 heteroatoms. The Balaban J connectivity index is 2.29. The van der Waals surface area contributed by atoms with E-state index in [1.807, 2.05) is 19.1 Å². The summed E-state index contributed by atoms with van der Waals surface area (Å²) < 4.78 is 5.21. The first kappa shape index (κ1) is 14.1. The summed E-state index contributed by atoms with van der Waals surface area (Å²) >= 11 is 5.79. The number of nitrogen functional groups attached to an aromatic ring is 1. The van der Waals surface area contributed by atoms with Gasteiger partial charge in [0.2, 0.25) is 0 Å². The molecule has 5 nitrogen and oxygen atoms in total. The van der Waals surface area contributed by atoms with Crippen molar-refractivity contribution >= 4 is 29.0 Å². The van der Waals surface area contributed by atoms with Crippen molar-refractivity contribution in [1.82, 2.24) is 4.98 Å². The lowest BCUT2D eigenvalue weighted by atomic mass is 10.2. The molecule has 104 valence electrons. The lowest BCUT2D eigenvalue weighted by molar-refractivity contribution is 0.102. The number of carbonyl (C=O) groups is 1. The first-order valence-electron chi connectivity index (χ1n) is 5.88. The van der Waals surface area contributed by atoms with E-state index in [9.17, 15) is 4.79 Å². The number of anilines is 2. The Hall–Kier alpha value is -2.27. The minimum absolute atomic E-state index is 0.173. The number of aryl methyl sites for hydroxylation is 1. The molecule has 1 amide bonds. The Labute approximate surface area is 121 Å². The molecule has 0 saturated heterocycles. The maximum atomic E-state index is 12.2. The molecule has 2 aromatic rings. The highest BCUT2D eigenvalue weighted by Crippen LogP contribution is 2.26. The number of hydrogen-bond donors (Lipinski definition) is 2. The monoisotopic (exact) mass is 291 g/mol. The summed E-state index contributed by atoms with van der Waals surface area (Å²) in [4.78, 5) is 16.0. The van der Waals surface area contributed by atoms with Crippen LogP contribution < -0.4 is 15.8 Å². The molecule has 0 fully saturated rings. The van der Waals surface area contributed by atoms with Crippen molar-refractivity contribution in [3.05, 3.63) is 46.6 Å². The van der Waals surface area contributed by atoms with Crippen LogP contribution in [0.25, 0.3) is 0 Å². The van der Waals surface area contributed by atoms with Crippen LogP contribution in [0, 0.1) is 6.92 Å². The van der Waals surface area contributed by atoms with Gasteiger partial charge in [-0.2, -0.15) is 0 Å². The highest BCUT2D eigenvalue weighted by atomic mass is 35.5. The highest BCUT2D eigenvalue weighted by Gasteiger charge is 2.11. The van der Waals surface area contributed by atoms with E-state index < -0.39 is 0 Å². The Bertz CT molecular complexity index is 639. The molecule has 0 aliphatic carbocycles. The van der Waals surface area contributed by atoms with Crippen LogP contribution in [-0.2, 0) is 0 Å². The smallest absolute Gasteiger partial charge is 0.256 e. The topological polar surface area (TPSA) is 77.2 Å². The summed E-state index contributed by atoms with van der Waals surface area (Å²) in [5, 5.41) is 2.94. The van der Waals surface area contributed by atoms with Gasteiger partial charge in [-0.05, 0) is 36.8 Å². The van der Waals surface area contributed by atoms with Gasteiger partial charge in [-0.25, -0.2) is 4.98 Å². The average Bonchev–Trinajstić information content (AvgIpc) is 2.37. The Morgan fingerprint density at radius 1 is 1.35 bits per heavy atom. The third kappa shape index (κ3) is 3.19. The predicted molar refractivity (Wildman–Crippen MR) is 79.3 cm³/mol. The maximum absolute atomic E-state index is 12.2. The molecule has 0 aliphatic rings. The zero-order valence-corrected chi connectivity index (χ0v) is 11.9. The third-order valence-electron chi connectivity index (χ3n) is 2.68. The van der Waals surface area contributed by atoms with Crippen molar-refractivity contribution in [2.24, 2.45) is 0 Å². The lowest BCUT2D eigenvalue weighted by Gasteiger charge is -2.11. The fourth-order valence-electron chi connectivity index (χ4n) is 1.76. The summed E-state index contributed by atoms with van der Waals surface area (Å²) in [6.45, 7) is 1.93.